The number of thiazole rings is 1. The number of alkyl halides is 3. The summed E-state index contributed by atoms with van der Waals surface area (Å²) in [7, 11) is 0. The van der Waals surface area contributed by atoms with Crippen LogP contribution in [0.5, 0.6) is 0 Å². The molecule has 4 rings (SSSR count). The number of benzene rings is 1. The molecule has 1 aromatic carbocycles. The van der Waals surface area contributed by atoms with E-state index < -0.39 is 17.6 Å². The number of rotatable bonds is 5. The van der Waals surface area contributed by atoms with Crippen molar-refractivity contribution >= 4 is 34.3 Å². The zero-order valence-electron chi connectivity index (χ0n) is 15.7. The van der Waals surface area contributed by atoms with Crippen LogP contribution in [0.3, 0.4) is 0 Å². The van der Waals surface area contributed by atoms with Gasteiger partial charge in [-0.25, -0.2) is 4.98 Å². The van der Waals surface area contributed by atoms with Crippen molar-refractivity contribution in [1.82, 2.24) is 10.3 Å². The normalized spacial score (nSPS) is 14.7. The van der Waals surface area contributed by atoms with Gasteiger partial charge >= 0.3 is 6.18 Å². The van der Waals surface area contributed by atoms with Crippen molar-refractivity contribution in [3.05, 3.63) is 57.2 Å². The van der Waals surface area contributed by atoms with Crippen LogP contribution in [0.2, 0.25) is 0 Å². The van der Waals surface area contributed by atoms with Gasteiger partial charge in [0.2, 0.25) is 0 Å². The van der Waals surface area contributed by atoms with Crippen LogP contribution in [-0.2, 0) is 17.5 Å². The number of carbonyl (C=O) groups excluding carboxylic acids is 1. The van der Waals surface area contributed by atoms with Crippen LogP contribution in [0, 0.1) is 0 Å². The largest absolute Gasteiger partial charge is 0.416 e. The maximum Gasteiger partial charge on any atom is 0.416 e. The van der Waals surface area contributed by atoms with Gasteiger partial charge in [0.1, 0.15) is 10.7 Å². The van der Waals surface area contributed by atoms with Crippen molar-refractivity contribution in [2.75, 3.05) is 31.2 Å². The Morgan fingerprint density at radius 2 is 2.00 bits per heavy atom. The van der Waals surface area contributed by atoms with Crippen molar-refractivity contribution in [2.24, 2.45) is 0 Å². The molecule has 1 fully saturated rings. The zero-order valence-corrected chi connectivity index (χ0v) is 17.4. The second-order valence-electron chi connectivity index (χ2n) is 6.67. The van der Waals surface area contributed by atoms with Crippen LogP contribution < -0.4 is 10.2 Å². The summed E-state index contributed by atoms with van der Waals surface area (Å²) in [6.45, 7) is 1.83. The summed E-state index contributed by atoms with van der Waals surface area (Å²) < 4.78 is 46.2. The van der Waals surface area contributed by atoms with E-state index in [4.69, 9.17) is 4.74 Å². The molecule has 0 atom stereocenters. The van der Waals surface area contributed by atoms with Gasteiger partial charge in [0.05, 0.1) is 18.8 Å². The maximum atomic E-state index is 13.6. The fourth-order valence-corrected chi connectivity index (χ4v) is 4.68. The monoisotopic (exact) mass is 453 g/mol. The Morgan fingerprint density at radius 1 is 1.20 bits per heavy atom. The lowest BCUT2D eigenvalue weighted by Gasteiger charge is -2.29. The van der Waals surface area contributed by atoms with Crippen molar-refractivity contribution < 1.29 is 22.7 Å². The third kappa shape index (κ3) is 4.66. The second kappa shape index (κ2) is 8.75. The van der Waals surface area contributed by atoms with Crippen LogP contribution in [0.25, 0.3) is 10.6 Å². The molecule has 5 nitrogen and oxygen atoms in total. The van der Waals surface area contributed by atoms with E-state index in [1.165, 1.54) is 28.7 Å². The standard InChI is InChI=1S/C20H18F3N3O2S2/c21-20(22,23)16-9-15(26-4-6-28-7-5-26)2-1-13(16)10-24-18(27)17-12-30-19(25-17)14-3-8-29-11-14/h1-3,8-9,11-12H,4-7,10H2,(H,24,27). The molecule has 0 saturated carbocycles. The number of carbonyl (C=O) groups is 1. The molecule has 0 aliphatic carbocycles. The van der Waals surface area contributed by atoms with E-state index in [1.807, 2.05) is 21.7 Å². The summed E-state index contributed by atoms with van der Waals surface area (Å²) in [6, 6.07) is 6.12. The number of hydrogen-bond donors (Lipinski definition) is 1. The molecule has 3 aromatic rings. The fourth-order valence-electron chi connectivity index (χ4n) is 3.16. The predicted octanol–water partition coefficient (Wildman–Crippen LogP) is 4.66. The maximum absolute atomic E-state index is 13.6. The highest BCUT2D eigenvalue weighted by atomic mass is 32.1. The topological polar surface area (TPSA) is 54.5 Å². The van der Waals surface area contributed by atoms with Crippen LogP contribution >= 0.6 is 22.7 Å². The van der Waals surface area contributed by atoms with Gasteiger partial charge in [0.15, 0.2) is 0 Å². The summed E-state index contributed by atoms with van der Waals surface area (Å²) in [4.78, 5) is 18.6. The van der Waals surface area contributed by atoms with Crippen molar-refractivity contribution in [3.8, 4) is 10.6 Å². The number of amides is 1. The van der Waals surface area contributed by atoms with Gasteiger partial charge in [0.25, 0.3) is 5.91 Å². The van der Waals surface area contributed by atoms with Crippen molar-refractivity contribution in [2.45, 2.75) is 12.7 Å². The molecule has 0 bridgehead atoms. The quantitative estimate of drug-likeness (QED) is 0.611. The van der Waals surface area contributed by atoms with Gasteiger partial charge in [-0.3, -0.25) is 4.79 Å². The fraction of sp³-hybridized carbons (Fsp3) is 0.300. The highest BCUT2D eigenvalue weighted by Gasteiger charge is 2.34. The number of aromatic nitrogens is 1. The number of thiophene rings is 1. The van der Waals surface area contributed by atoms with E-state index in [2.05, 4.69) is 10.3 Å². The number of nitrogens with one attached hydrogen (secondary N) is 1. The molecule has 1 N–H and O–H groups in total. The minimum absolute atomic E-state index is 0.0150. The molecule has 2 aromatic heterocycles. The molecule has 10 heteroatoms. The van der Waals surface area contributed by atoms with E-state index in [0.717, 1.165) is 11.6 Å². The number of hydrogen-bond acceptors (Lipinski definition) is 6. The predicted molar refractivity (Wildman–Crippen MR) is 111 cm³/mol. The number of nitrogens with zero attached hydrogens (tertiary/aromatic N) is 2. The van der Waals surface area contributed by atoms with E-state index in [-0.39, 0.29) is 17.8 Å². The lowest BCUT2D eigenvalue weighted by atomic mass is 10.0. The first-order chi connectivity index (χ1) is 14.4. The van der Waals surface area contributed by atoms with Gasteiger partial charge in [-0.2, -0.15) is 24.5 Å². The van der Waals surface area contributed by atoms with E-state index >= 15 is 0 Å². The van der Waals surface area contributed by atoms with Crippen LogP contribution in [-0.4, -0.2) is 37.2 Å². The minimum Gasteiger partial charge on any atom is -0.378 e. The molecule has 3 heterocycles. The smallest absolute Gasteiger partial charge is 0.378 e. The Balaban J connectivity index is 1.49. The average Bonchev–Trinajstić information content (AvgIpc) is 3.43. The highest BCUT2D eigenvalue weighted by molar-refractivity contribution is 7.14. The lowest BCUT2D eigenvalue weighted by molar-refractivity contribution is -0.138. The van der Waals surface area contributed by atoms with Crippen LogP contribution in [0.1, 0.15) is 21.6 Å². The minimum atomic E-state index is -4.52. The highest BCUT2D eigenvalue weighted by Crippen LogP contribution is 2.35. The Morgan fingerprint density at radius 3 is 2.70 bits per heavy atom. The number of anilines is 1. The first kappa shape index (κ1) is 20.8. The third-order valence-electron chi connectivity index (χ3n) is 4.72. The molecule has 1 amide bonds. The van der Waals surface area contributed by atoms with Gasteiger partial charge in [-0.05, 0) is 29.1 Å². The van der Waals surface area contributed by atoms with Gasteiger partial charge in [-0.15, -0.1) is 11.3 Å². The van der Waals surface area contributed by atoms with E-state index in [0.29, 0.717) is 37.0 Å². The molecule has 30 heavy (non-hydrogen) atoms. The molecule has 158 valence electrons. The summed E-state index contributed by atoms with van der Waals surface area (Å²) in [6.07, 6.45) is -4.52. The molecular weight excluding hydrogens is 435 g/mol. The molecular formula is C20H18F3N3O2S2. The Labute approximate surface area is 179 Å². The van der Waals surface area contributed by atoms with Gasteiger partial charge < -0.3 is 15.0 Å². The summed E-state index contributed by atoms with van der Waals surface area (Å²) in [5.74, 6) is -0.502. The number of morpholine rings is 1. The van der Waals surface area contributed by atoms with Crippen molar-refractivity contribution in [1.29, 1.82) is 0 Å². The van der Waals surface area contributed by atoms with E-state index in [9.17, 15) is 18.0 Å². The Hall–Kier alpha value is -2.43. The van der Waals surface area contributed by atoms with Crippen LogP contribution in [0.4, 0.5) is 18.9 Å². The SMILES string of the molecule is O=C(NCc1ccc(N2CCOCC2)cc1C(F)(F)F)c1csc(-c2ccsc2)n1. The van der Waals surface area contributed by atoms with E-state index in [1.54, 1.807) is 11.4 Å². The molecule has 0 radical (unpaired) electrons. The molecule has 0 spiro atoms. The molecule has 1 aliphatic heterocycles. The van der Waals surface area contributed by atoms with Crippen LogP contribution in [0.15, 0.2) is 40.4 Å². The Kier molecular flexibility index (Phi) is 6.07. The number of halogens is 3. The average molecular weight is 454 g/mol. The lowest BCUT2D eigenvalue weighted by Crippen LogP contribution is -2.36. The number of ether oxygens (including phenoxy) is 1. The molecule has 0 unspecified atom stereocenters. The molecule has 1 aliphatic rings. The first-order valence-corrected chi connectivity index (χ1v) is 11.0. The third-order valence-corrected chi connectivity index (χ3v) is 6.29. The summed E-state index contributed by atoms with van der Waals surface area (Å²) in [5.41, 5.74) is 0.882. The van der Waals surface area contributed by atoms with Crippen molar-refractivity contribution in [3.63, 3.8) is 0 Å². The second-order valence-corrected chi connectivity index (χ2v) is 8.31. The first-order valence-electron chi connectivity index (χ1n) is 9.21. The Bertz CT molecular complexity index is 1010. The van der Waals surface area contributed by atoms with Gasteiger partial charge in [-0.1, -0.05) is 6.07 Å². The zero-order chi connectivity index (χ0) is 21.1. The molecule has 1 saturated heterocycles. The summed E-state index contributed by atoms with van der Waals surface area (Å²) in [5, 5.41) is 8.70. The summed E-state index contributed by atoms with van der Waals surface area (Å²) >= 11 is 2.85. The van der Waals surface area contributed by atoms with Gasteiger partial charge in [0, 0.05) is 41.6 Å².